The van der Waals surface area contributed by atoms with Crippen LogP contribution in [0, 0.1) is 0 Å². The van der Waals surface area contributed by atoms with E-state index in [0.29, 0.717) is 0 Å². The van der Waals surface area contributed by atoms with Gasteiger partial charge in [0.15, 0.2) is 0 Å². The second-order valence-electron chi connectivity index (χ2n) is 19.1. The van der Waals surface area contributed by atoms with Crippen LogP contribution in [-0.2, 0) is 11.8 Å². The fourth-order valence-electron chi connectivity index (χ4n) is 10.7. The van der Waals surface area contributed by atoms with E-state index < -0.39 is 0 Å². The van der Waals surface area contributed by atoms with Gasteiger partial charge >= 0.3 is 0 Å². The van der Waals surface area contributed by atoms with E-state index in [1.54, 1.807) is 0 Å². The highest BCUT2D eigenvalue weighted by atomic mass is 16.5. The molecule has 2 aliphatic rings. The molecule has 0 aliphatic carbocycles. The molecule has 3 heterocycles. The predicted octanol–water partition coefficient (Wildman–Crippen LogP) is 14.8. The molecule has 12 rings (SSSR count). The van der Waals surface area contributed by atoms with Crippen molar-refractivity contribution in [1.29, 1.82) is 0 Å². The van der Waals surface area contributed by atoms with Gasteiger partial charge in [-0.2, -0.15) is 0 Å². The summed E-state index contributed by atoms with van der Waals surface area (Å²) in [5.74, 6) is 1.82. The SMILES string of the molecule is CCCCc1cc(-c2ccccc2)cc(-c2ccccc2)c1N1c2ccc(-c3ccccc3)cc2B2c3ccc(-n4c5ccccc5c5ccccc54)cc3Oc3cc(C(C)(C)C)cc1c32. The Morgan fingerprint density at radius 3 is 1.77 bits per heavy atom. The second-order valence-corrected chi connectivity index (χ2v) is 19.1. The number of hydrogen-bond acceptors (Lipinski definition) is 2. The lowest BCUT2D eigenvalue weighted by Gasteiger charge is -2.42. The number of aryl methyl sites for hydroxylation is 1. The first-order chi connectivity index (χ1) is 32.3. The van der Waals surface area contributed by atoms with Crippen molar-refractivity contribution in [3.8, 4) is 50.6 Å². The Labute approximate surface area is 388 Å². The number of unbranched alkanes of at least 4 members (excludes halogenated alkanes) is 1. The molecule has 318 valence electrons. The molecule has 0 saturated carbocycles. The molecule has 0 radical (unpaired) electrons. The molecule has 0 N–H and O–H groups in total. The van der Waals surface area contributed by atoms with Gasteiger partial charge in [-0.3, -0.25) is 0 Å². The zero-order chi connectivity index (χ0) is 44.5. The maximum absolute atomic E-state index is 7.38. The third-order valence-corrected chi connectivity index (χ3v) is 14.0. The topological polar surface area (TPSA) is 17.4 Å². The third-order valence-electron chi connectivity index (χ3n) is 14.0. The highest BCUT2D eigenvalue weighted by Crippen LogP contribution is 2.49. The van der Waals surface area contributed by atoms with Gasteiger partial charge in [0, 0.05) is 39.5 Å². The van der Waals surface area contributed by atoms with Crippen molar-refractivity contribution in [2.45, 2.75) is 52.4 Å². The van der Waals surface area contributed by atoms with Crippen LogP contribution in [-0.4, -0.2) is 11.3 Å². The number of ether oxygens (including phenoxy) is 1. The van der Waals surface area contributed by atoms with Gasteiger partial charge < -0.3 is 14.2 Å². The van der Waals surface area contributed by atoms with E-state index in [1.807, 2.05) is 0 Å². The van der Waals surface area contributed by atoms with Gasteiger partial charge in [-0.25, -0.2) is 0 Å². The van der Waals surface area contributed by atoms with Crippen LogP contribution in [0.15, 0.2) is 200 Å². The van der Waals surface area contributed by atoms with Crippen LogP contribution in [0.3, 0.4) is 0 Å². The summed E-state index contributed by atoms with van der Waals surface area (Å²) in [5.41, 5.74) is 20.5. The van der Waals surface area contributed by atoms with Crippen LogP contribution < -0.4 is 26.0 Å². The van der Waals surface area contributed by atoms with Crippen molar-refractivity contribution in [2.24, 2.45) is 0 Å². The second kappa shape index (κ2) is 15.9. The van der Waals surface area contributed by atoms with Crippen LogP contribution in [0.1, 0.15) is 51.7 Å². The molecule has 0 unspecified atom stereocenters. The molecule has 10 aromatic rings. The zero-order valence-electron chi connectivity index (χ0n) is 38.1. The number of aromatic nitrogens is 1. The Balaban J connectivity index is 1.15. The van der Waals surface area contributed by atoms with Gasteiger partial charge in [-0.1, -0.05) is 180 Å². The maximum Gasteiger partial charge on any atom is 0.256 e. The summed E-state index contributed by atoms with van der Waals surface area (Å²) < 4.78 is 9.78. The fourth-order valence-corrected chi connectivity index (χ4v) is 10.7. The number of benzene rings is 9. The molecule has 0 fully saturated rings. The molecule has 9 aromatic carbocycles. The number of nitrogens with zero attached hydrogens (tertiary/aromatic N) is 2. The normalized spacial score (nSPS) is 12.8. The van der Waals surface area contributed by atoms with E-state index in [9.17, 15) is 0 Å². The average Bonchev–Trinajstić information content (AvgIpc) is 3.70. The van der Waals surface area contributed by atoms with Crippen molar-refractivity contribution >= 4 is 62.0 Å². The summed E-state index contributed by atoms with van der Waals surface area (Å²) >= 11 is 0. The van der Waals surface area contributed by atoms with E-state index >= 15 is 0 Å². The van der Waals surface area contributed by atoms with Crippen LogP contribution in [0.5, 0.6) is 11.5 Å². The average molecular weight is 851 g/mol. The van der Waals surface area contributed by atoms with Crippen LogP contribution in [0.25, 0.3) is 60.9 Å². The highest BCUT2D eigenvalue weighted by Gasteiger charge is 2.44. The lowest BCUT2D eigenvalue weighted by molar-refractivity contribution is 0.483. The van der Waals surface area contributed by atoms with E-state index in [4.69, 9.17) is 4.74 Å². The van der Waals surface area contributed by atoms with Gasteiger partial charge in [0.1, 0.15) is 11.5 Å². The molecule has 4 heteroatoms. The summed E-state index contributed by atoms with van der Waals surface area (Å²) in [6.45, 7) is 9.19. The summed E-state index contributed by atoms with van der Waals surface area (Å²) in [7, 11) is 0. The first-order valence-corrected chi connectivity index (χ1v) is 23.6. The number of para-hydroxylation sites is 2. The number of hydrogen-bond donors (Lipinski definition) is 0. The van der Waals surface area contributed by atoms with Gasteiger partial charge in [0.05, 0.1) is 16.7 Å². The van der Waals surface area contributed by atoms with Crippen molar-refractivity contribution < 1.29 is 4.74 Å². The molecule has 0 spiro atoms. The standard InChI is InChI=1S/C62H51BN2O/c1-5-6-20-45-35-46(42-23-12-8-13-24-42)36-51(43-25-14-9-15-26-43)61(45)65-56-34-31-44(41-21-10-7-11-22-41)37-53(56)63-52-33-32-48(64-54-29-18-16-27-49(54)50-28-17-19-30-55(50)64)40-58(52)66-59-39-47(62(2,3)4)38-57(65)60(59)63/h7-19,21-40H,5-6,20H2,1-4H3. The maximum atomic E-state index is 7.38. The van der Waals surface area contributed by atoms with Gasteiger partial charge in [-0.15, -0.1) is 0 Å². The molecule has 1 aromatic heterocycles. The van der Waals surface area contributed by atoms with Crippen molar-refractivity contribution in [3.63, 3.8) is 0 Å². The van der Waals surface area contributed by atoms with Crippen LogP contribution in [0.4, 0.5) is 17.1 Å². The summed E-state index contributed by atoms with van der Waals surface area (Å²) in [4.78, 5) is 2.62. The van der Waals surface area contributed by atoms with Gasteiger partial charge in [0.25, 0.3) is 6.71 Å². The monoisotopic (exact) mass is 850 g/mol. The Bertz CT molecular complexity index is 3420. The van der Waals surface area contributed by atoms with E-state index in [2.05, 4.69) is 237 Å². The molecule has 0 amide bonds. The number of fused-ring (bicyclic) bond motifs is 7. The van der Waals surface area contributed by atoms with Gasteiger partial charge in [-0.05, 0) is 122 Å². The lowest BCUT2D eigenvalue weighted by atomic mass is 9.34. The third kappa shape index (κ3) is 6.58. The minimum absolute atomic E-state index is 0.0715. The fraction of sp³-hybridized carbons (Fsp3) is 0.129. The van der Waals surface area contributed by atoms with E-state index in [1.165, 1.54) is 99.8 Å². The van der Waals surface area contributed by atoms with Gasteiger partial charge in [0.2, 0.25) is 0 Å². The summed E-state index contributed by atoms with van der Waals surface area (Å²) in [6, 6.07) is 74.1. The van der Waals surface area contributed by atoms with Crippen LogP contribution >= 0.6 is 0 Å². The quantitative estimate of drug-likeness (QED) is 0.142. The molecule has 66 heavy (non-hydrogen) atoms. The number of anilines is 3. The minimum atomic E-state index is -0.150. The smallest absolute Gasteiger partial charge is 0.256 e. The van der Waals surface area contributed by atoms with Crippen molar-refractivity contribution in [1.82, 2.24) is 4.57 Å². The molecule has 3 nitrogen and oxygen atoms in total. The van der Waals surface area contributed by atoms with Crippen LogP contribution in [0.2, 0.25) is 0 Å². The van der Waals surface area contributed by atoms with E-state index in [-0.39, 0.29) is 12.1 Å². The lowest BCUT2D eigenvalue weighted by Crippen LogP contribution is -2.59. The minimum Gasteiger partial charge on any atom is -0.458 e. The molecular formula is C62H51BN2O. The Kier molecular flexibility index (Phi) is 9.61. The molecule has 0 atom stereocenters. The molecule has 0 saturated heterocycles. The van der Waals surface area contributed by atoms with Crippen molar-refractivity contribution in [2.75, 3.05) is 4.90 Å². The predicted molar refractivity (Wildman–Crippen MR) is 280 cm³/mol. The zero-order valence-corrected chi connectivity index (χ0v) is 38.1. The first kappa shape index (κ1) is 40.0. The summed E-state index contributed by atoms with van der Waals surface area (Å²) in [6.07, 6.45) is 3.14. The highest BCUT2D eigenvalue weighted by molar-refractivity contribution is 6.99. The largest absolute Gasteiger partial charge is 0.458 e. The number of rotatable bonds is 8. The molecule has 2 aliphatic heterocycles. The Hall–Kier alpha value is -7.56. The Morgan fingerprint density at radius 2 is 1.12 bits per heavy atom. The van der Waals surface area contributed by atoms with E-state index in [0.717, 1.165) is 36.4 Å². The molecule has 0 bridgehead atoms. The summed E-state index contributed by atoms with van der Waals surface area (Å²) in [5, 5.41) is 2.49. The Morgan fingerprint density at radius 1 is 0.500 bits per heavy atom. The van der Waals surface area contributed by atoms with Crippen molar-refractivity contribution in [3.05, 3.63) is 211 Å². The first-order valence-electron chi connectivity index (χ1n) is 23.6. The molecular weight excluding hydrogens is 800 g/mol.